The van der Waals surface area contributed by atoms with Crippen molar-refractivity contribution in [3.8, 4) is 17.2 Å². The molecule has 0 radical (unpaired) electrons. The number of ether oxygens (including phenoxy) is 2. The third-order valence-electron chi connectivity index (χ3n) is 6.43. The van der Waals surface area contributed by atoms with Crippen molar-refractivity contribution in [1.29, 1.82) is 0 Å². The number of aryl methyl sites for hydroxylation is 1. The van der Waals surface area contributed by atoms with Gasteiger partial charge in [-0.05, 0) is 93.0 Å². The average molecular weight is 606 g/mol. The molecule has 1 aromatic heterocycles. The Labute approximate surface area is 244 Å². The Morgan fingerprint density at radius 2 is 1.67 bits per heavy atom. The highest BCUT2D eigenvalue weighted by molar-refractivity contribution is 6.31. The first-order valence-corrected chi connectivity index (χ1v) is 13.6. The molecule has 3 aromatic carbocycles. The summed E-state index contributed by atoms with van der Waals surface area (Å²) in [7, 11) is 0. The van der Waals surface area contributed by atoms with Crippen molar-refractivity contribution in [2.24, 2.45) is 0 Å². The SMILES string of the molecule is CCCN(CCC)Cc1c(OC(=O)c2ccc(F)cc2)ccc2c(=O)c(Oc3ccc(Cl)c(C)c3)c(C(F)(F)F)oc12. The number of fused-ring (bicyclic) bond motifs is 1. The van der Waals surface area contributed by atoms with E-state index >= 15 is 0 Å². The van der Waals surface area contributed by atoms with Crippen LogP contribution in [0.4, 0.5) is 17.6 Å². The molecule has 0 unspecified atom stereocenters. The second-order valence-electron chi connectivity index (χ2n) is 9.69. The van der Waals surface area contributed by atoms with Crippen molar-refractivity contribution in [2.45, 2.75) is 46.3 Å². The molecule has 0 spiro atoms. The molecule has 0 atom stereocenters. The number of rotatable bonds is 10. The molecule has 0 saturated heterocycles. The first kappa shape index (κ1) is 31.1. The van der Waals surface area contributed by atoms with E-state index in [-0.39, 0.29) is 40.1 Å². The van der Waals surface area contributed by atoms with Gasteiger partial charge in [0.1, 0.15) is 22.9 Å². The maximum Gasteiger partial charge on any atom is 0.453 e. The minimum Gasteiger partial charge on any atom is -0.449 e. The Kier molecular flexibility index (Phi) is 9.58. The highest BCUT2D eigenvalue weighted by atomic mass is 35.5. The second-order valence-corrected chi connectivity index (χ2v) is 10.1. The Bertz CT molecular complexity index is 1640. The van der Waals surface area contributed by atoms with Gasteiger partial charge in [0, 0.05) is 11.6 Å². The van der Waals surface area contributed by atoms with Crippen LogP contribution in [-0.2, 0) is 12.7 Å². The van der Waals surface area contributed by atoms with Crippen LogP contribution >= 0.6 is 11.6 Å². The van der Waals surface area contributed by atoms with Gasteiger partial charge in [-0.25, -0.2) is 9.18 Å². The molecular formula is C31H28ClF4NO5. The minimum absolute atomic E-state index is 0.0286. The Hall–Kier alpha value is -3.89. The lowest BCUT2D eigenvalue weighted by molar-refractivity contribution is -0.154. The molecule has 222 valence electrons. The number of alkyl halides is 3. The molecule has 0 aliphatic rings. The summed E-state index contributed by atoms with van der Waals surface area (Å²) in [4.78, 5) is 28.4. The summed E-state index contributed by atoms with van der Waals surface area (Å²) in [5.74, 6) is -4.19. The lowest BCUT2D eigenvalue weighted by Crippen LogP contribution is -2.26. The number of nitrogens with zero attached hydrogens (tertiary/aromatic N) is 1. The van der Waals surface area contributed by atoms with Crippen molar-refractivity contribution in [3.05, 3.63) is 98.1 Å². The zero-order valence-corrected chi connectivity index (χ0v) is 23.9. The third kappa shape index (κ3) is 6.94. The van der Waals surface area contributed by atoms with Gasteiger partial charge in [0.25, 0.3) is 5.76 Å². The number of hydrogen-bond acceptors (Lipinski definition) is 6. The van der Waals surface area contributed by atoms with Gasteiger partial charge < -0.3 is 13.9 Å². The summed E-state index contributed by atoms with van der Waals surface area (Å²) in [5.41, 5.74) is -0.781. The quantitative estimate of drug-likeness (QED) is 0.102. The molecule has 42 heavy (non-hydrogen) atoms. The van der Waals surface area contributed by atoms with Crippen LogP contribution in [0, 0.1) is 12.7 Å². The van der Waals surface area contributed by atoms with Crippen molar-refractivity contribution in [2.75, 3.05) is 13.1 Å². The highest BCUT2D eigenvalue weighted by Gasteiger charge is 2.41. The van der Waals surface area contributed by atoms with Gasteiger partial charge in [-0.3, -0.25) is 9.69 Å². The normalized spacial score (nSPS) is 11.7. The van der Waals surface area contributed by atoms with E-state index < -0.39 is 34.9 Å². The molecule has 4 aromatic rings. The number of benzene rings is 3. The van der Waals surface area contributed by atoms with Crippen molar-refractivity contribution in [3.63, 3.8) is 0 Å². The van der Waals surface area contributed by atoms with Crippen LogP contribution in [0.3, 0.4) is 0 Å². The Morgan fingerprint density at radius 1 is 1.00 bits per heavy atom. The predicted molar refractivity (Wildman–Crippen MR) is 151 cm³/mol. The molecule has 4 rings (SSSR count). The van der Waals surface area contributed by atoms with E-state index in [1.54, 1.807) is 6.92 Å². The molecule has 0 aliphatic carbocycles. The topological polar surface area (TPSA) is 69.0 Å². The van der Waals surface area contributed by atoms with Crippen LogP contribution in [0.5, 0.6) is 17.2 Å². The molecule has 0 N–H and O–H groups in total. The molecule has 11 heteroatoms. The highest BCUT2D eigenvalue weighted by Crippen LogP contribution is 2.40. The van der Waals surface area contributed by atoms with Crippen LogP contribution in [0.1, 0.15) is 53.9 Å². The number of esters is 1. The molecule has 0 bridgehead atoms. The maximum absolute atomic E-state index is 14.3. The summed E-state index contributed by atoms with van der Waals surface area (Å²) in [6, 6.07) is 11.4. The lowest BCUT2D eigenvalue weighted by atomic mass is 10.1. The number of carbonyl (C=O) groups excluding carboxylic acids is 1. The maximum atomic E-state index is 14.3. The zero-order valence-electron chi connectivity index (χ0n) is 23.1. The molecule has 6 nitrogen and oxygen atoms in total. The van der Waals surface area contributed by atoms with Gasteiger partial charge >= 0.3 is 12.1 Å². The summed E-state index contributed by atoms with van der Waals surface area (Å²) in [5, 5.41) is 0.188. The van der Waals surface area contributed by atoms with Crippen molar-refractivity contribution >= 4 is 28.5 Å². The van der Waals surface area contributed by atoms with E-state index in [1.165, 1.54) is 42.5 Å². The zero-order chi connectivity index (χ0) is 30.6. The summed E-state index contributed by atoms with van der Waals surface area (Å²) >= 11 is 6.03. The number of halogens is 5. The van der Waals surface area contributed by atoms with Crippen molar-refractivity contribution in [1.82, 2.24) is 4.90 Å². The van der Waals surface area contributed by atoms with E-state index in [0.29, 0.717) is 23.7 Å². The summed E-state index contributed by atoms with van der Waals surface area (Å²) < 4.78 is 72.9. The first-order valence-electron chi connectivity index (χ1n) is 13.3. The summed E-state index contributed by atoms with van der Waals surface area (Å²) in [6.07, 6.45) is -3.62. The fourth-order valence-electron chi connectivity index (χ4n) is 4.47. The van der Waals surface area contributed by atoms with E-state index in [1.807, 2.05) is 18.7 Å². The van der Waals surface area contributed by atoms with Gasteiger partial charge in [0.05, 0.1) is 16.5 Å². The van der Waals surface area contributed by atoms with Crippen LogP contribution in [0.2, 0.25) is 5.02 Å². The third-order valence-corrected chi connectivity index (χ3v) is 6.85. The first-order chi connectivity index (χ1) is 19.9. The fourth-order valence-corrected chi connectivity index (χ4v) is 4.59. The van der Waals surface area contributed by atoms with E-state index in [4.69, 9.17) is 25.5 Å². The minimum atomic E-state index is -5.10. The molecule has 1 heterocycles. The fraction of sp³-hybridized carbons (Fsp3) is 0.290. The molecule has 0 fully saturated rings. The monoisotopic (exact) mass is 605 g/mol. The standard InChI is InChI=1S/C31H28ClF4NO5/c1-4-14-37(15-5-2)17-23-25(41-30(39)19-6-8-20(33)9-7-19)13-11-22-26(38)28(29(31(34,35)36)42-27(22)23)40-21-10-12-24(32)18(3)16-21/h6-13,16H,4-5,14-15,17H2,1-3H3. The van der Waals surface area contributed by atoms with Crippen LogP contribution < -0.4 is 14.9 Å². The molecular weight excluding hydrogens is 578 g/mol. The lowest BCUT2D eigenvalue weighted by Gasteiger charge is -2.23. The number of hydrogen-bond donors (Lipinski definition) is 0. The van der Waals surface area contributed by atoms with Gasteiger partial charge in [-0.1, -0.05) is 25.4 Å². The van der Waals surface area contributed by atoms with E-state index in [0.717, 1.165) is 25.0 Å². The van der Waals surface area contributed by atoms with Crippen LogP contribution in [0.15, 0.2) is 63.8 Å². The largest absolute Gasteiger partial charge is 0.453 e. The van der Waals surface area contributed by atoms with Crippen molar-refractivity contribution < 1.29 is 36.2 Å². The van der Waals surface area contributed by atoms with Gasteiger partial charge in [-0.15, -0.1) is 0 Å². The Balaban J connectivity index is 1.91. The summed E-state index contributed by atoms with van der Waals surface area (Å²) in [6.45, 7) is 6.74. The smallest absolute Gasteiger partial charge is 0.449 e. The molecule has 0 aliphatic heterocycles. The van der Waals surface area contributed by atoms with E-state index in [9.17, 15) is 27.2 Å². The number of carbonyl (C=O) groups is 1. The molecule has 0 amide bonds. The predicted octanol–water partition coefficient (Wildman–Crippen LogP) is 8.55. The van der Waals surface area contributed by atoms with E-state index in [2.05, 4.69) is 0 Å². The molecule has 0 saturated carbocycles. The van der Waals surface area contributed by atoms with Gasteiger partial charge in [-0.2, -0.15) is 13.2 Å². The Morgan fingerprint density at radius 3 is 2.26 bits per heavy atom. The van der Waals surface area contributed by atoms with Crippen LogP contribution in [-0.4, -0.2) is 24.0 Å². The van der Waals surface area contributed by atoms with Crippen LogP contribution in [0.25, 0.3) is 11.0 Å². The second kappa shape index (κ2) is 13.0. The van der Waals surface area contributed by atoms with Gasteiger partial charge in [0.2, 0.25) is 11.2 Å². The van der Waals surface area contributed by atoms with Gasteiger partial charge in [0.15, 0.2) is 0 Å². The average Bonchev–Trinajstić information content (AvgIpc) is 2.93.